The van der Waals surface area contributed by atoms with E-state index in [1.54, 1.807) is 0 Å². The summed E-state index contributed by atoms with van der Waals surface area (Å²) in [5.74, 6) is 0. The second-order valence-electron chi connectivity index (χ2n) is 19.7. The summed E-state index contributed by atoms with van der Waals surface area (Å²) in [4.78, 5) is 0. The van der Waals surface area contributed by atoms with E-state index in [1.807, 2.05) is 0 Å². The molecule has 21 fully saturated rings. The second kappa shape index (κ2) is 26.0. The third kappa shape index (κ3) is 12.1. The summed E-state index contributed by atoms with van der Waals surface area (Å²) in [5.41, 5.74) is 0. The minimum absolute atomic E-state index is 1.05. The van der Waals surface area contributed by atoms with Crippen molar-refractivity contribution in [3.8, 4) is 0 Å². The van der Waals surface area contributed by atoms with Gasteiger partial charge in [-0.1, -0.05) is 0 Å². The maximum Gasteiger partial charge on any atom is 0.187 e. The van der Waals surface area contributed by atoms with Crippen molar-refractivity contribution in [3.63, 3.8) is 0 Å². The molecule has 14 bridgehead atoms. The molecular weight excluding hydrogens is 1060 g/mol. The van der Waals surface area contributed by atoms with E-state index in [0.717, 1.165) is 0 Å². The van der Waals surface area contributed by atoms with E-state index in [1.165, 1.54) is 0 Å². The average molecular weight is 1130 g/mol. The molecule has 0 aromatic heterocycles. The fraction of sp³-hybridized carbons (Fsp3) is 1.00. The van der Waals surface area contributed by atoms with Crippen LogP contribution >= 0.6 is 0 Å². The Balaban J connectivity index is 1.08. The fourth-order valence-corrected chi connectivity index (χ4v) is 10.4. The highest BCUT2D eigenvalue weighted by Crippen LogP contribution is 2.39. The first-order valence-electron chi connectivity index (χ1n) is 24.6. The average Bonchev–Trinajstić information content (AvgIpc) is 3.45. The van der Waals surface area contributed by atoms with Gasteiger partial charge in [-0.2, -0.15) is 0 Å². The molecule has 0 radical (unpaired) electrons. The number of aliphatic hydroxyl groups excluding tert-OH is 21. The van der Waals surface area contributed by atoms with Crippen LogP contribution in [-0.2, 0) is 66.3 Å². The molecule has 21 heterocycles. The minimum atomic E-state index is -2.21. The summed E-state index contributed by atoms with van der Waals surface area (Å²) >= 11 is 0. The molecule has 0 amide bonds. The Bertz CT molecular complexity index is 1470. The molecule has 77 heavy (non-hydrogen) atoms. The Hall–Kier alpha value is -1.40. The number of aliphatic hydroxyl groups is 21. The van der Waals surface area contributed by atoms with Crippen molar-refractivity contribution >= 4 is 0 Å². The van der Waals surface area contributed by atoms with Crippen molar-refractivity contribution < 1.29 is 174 Å². The summed E-state index contributed by atoms with van der Waals surface area (Å²) in [6.45, 7) is -7.33. The van der Waals surface area contributed by atoms with E-state index >= 15 is 0 Å². The van der Waals surface area contributed by atoms with Crippen molar-refractivity contribution in [1.29, 1.82) is 0 Å². The lowest BCUT2D eigenvalue weighted by Crippen LogP contribution is -2.68. The van der Waals surface area contributed by atoms with Crippen LogP contribution in [0.5, 0.6) is 0 Å². The van der Waals surface area contributed by atoms with Crippen LogP contribution in [-0.4, -0.2) is 368 Å². The van der Waals surface area contributed by atoms with E-state index in [0.29, 0.717) is 0 Å². The standard InChI is InChI=1S/C42H70O35/c43-1-8-29-15(50)22(57)36(64-8)72-30-9(2-44)66-38(24(59)17(30)52)74-32-11(4-46)68-40(26(61)19(32)54)76-34-13(6-48)70-42(28(63)21(34)56)77-35-14(7-49)69-41(27(62)20(35)55)75-33-12(5-47)67-39(25(60)18(33)53)73-31-10(3-45)65-37(71-29)23(58)16(31)51/h8-63H,1-7H2/t8-,9-,10-,11-,12-,13-,14-,15-,16-,17-,18-,19-,20-,21-,22-,23-,24-,25-,26-,27-,28-,29-,30-,31-,32-,33-,34-,35-,36?,37?,38?,39?,40?,41?,42?/m1/s1. The van der Waals surface area contributed by atoms with Crippen LogP contribution in [0, 0.1) is 0 Å². The Morgan fingerprint density at radius 1 is 0.156 bits per heavy atom. The van der Waals surface area contributed by atoms with Crippen molar-refractivity contribution in [3.05, 3.63) is 0 Å². The first-order chi connectivity index (χ1) is 36.7. The molecule has 21 saturated heterocycles. The van der Waals surface area contributed by atoms with Gasteiger partial charge in [-0.15, -0.1) is 0 Å². The number of ether oxygens (including phenoxy) is 14. The van der Waals surface area contributed by atoms with Gasteiger partial charge in [0.1, 0.15) is 171 Å². The quantitative estimate of drug-likeness (QED) is 0.113. The van der Waals surface area contributed by atoms with Gasteiger partial charge < -0.3 is 174 Å². The monoisotopic (exact) mass is 1130 g/mol. The molecule has 0 aromatic carbocycles. The highest BCUT2D eigenvalue weighted by Gasteiger charge is 2.59. The van der Waals surface area contributed by atoms with Crippen LogP contribution in [0.15, 0.2) is 0 Å². The lowest BCUT2D eigenvalue weighted by Gasteiger charge is -2.50. The molecule has 0 aliphatic carbocycles. The highest BCUT2D eigenvalue weighted by atomic mass is 16.8. The molecule has 35 heteroatoms. The largest absolute Gasteiger partial charge is 0.394 e. The Kier molecular flexibility index (Phi) is 20.8. The summed E-state index contributed by atoms with van der Waals surface area (Å²) in [6, 6.07) is 0. The summed E-state index contributed by atoms with van der Waals surface area (Å²) in [7, 11) is 0. The minimum Gasteiger partial charge on any atom is -0.394 e. The second-order valence-corrected chi connectivity index (χ2v) is 19.7. The van der Waals surface area contributed by atoms with Gasteiger partial charge in [-0.05, 0) is 0 Å². The molecule has 35 atom stereocenters. The molecule has 0 spiro atoms. The first-order valence-corrected chi connectivity index (χ1v) is 24.6. The molecule has 35 nitrogen and oxygen atoms in total. The van der Waals surface area contributed by atoms with Crippen LogP contribution in [0.25, 0.3) is 0 Å². The number of hydrogen-bond donors (Lipinski definition) is 21. The maximum absolute atomic E-state index is 11.3. The van der Waals surface area contributed by atoms with Crippen LogP contribution < -0.4 is 0 Å². The van der Waals surface area contributed by atoms with Gasteiger partial charge in [-0.25, -0.2) is 0 Å². The van der Waals surface area contributed by atoms with Crippen molar-refractivity contribution in [2.24, 2.45) is 0 Å². The predicted molar refractivity (Wildman–Crippen MR) is 228 cm³/mol. The SMILES string of the molecule is OC[C@H]1OC2O[C@H]3[C@H](O)[C@@H](O)C(O[C@H]4[C@H](O)[C@@H](O)C(O[C@H]5[C@H](O)[C@@H](O)C(O[C@H]6[C@H](O)[C@@H](O)C(O[C@H]7[C@H](O)[C@@H](O)C(O[C@H]8[C@H](O)[C@@H](O)C(O[C@H]1[C@H](O)[C@H]2O)O[C@@H]8CO)O[C@@H]7CO)O[C@@H]6CO)O[C@@H]5CO)O[C@@H]4CO)O[C@@H]3CO. The van der Waals surface area contributed by atoms with Gasteiger partial charge in [-0.3, -0.25) is 0 Å². The third-order valence-corrected chi connectivity index (χ3v) is 14.8. The Labute approximate surface area is 434 Å². The van der Waals surface area contributed by atoms with Gasteiger partial charge in [0, 0.05) is 0 Å². The molecule has 0 aromatic rings. The molecule has 0 saturated carbocycles. The smallest absolute Gasteiger partial charge is 0.187 e. The van der Waals surface area contributed by atoms with Gasteiger partial charge in [0.2, 0.25) is 0 Å². The van der Waals surface area contributed by atoms with Gasteiger partial charge in [0.25, 0.3) is 0 Å². The Morgan fingerprint density at radius 3 is 0.351 bits per heavy atom. The summed E-state index contributed by atoms with van der Waals surface area (Å²) in [6.07, 6.45) is -70.2. The topological polar surface area (TPSA) is 554 Å². The highest BCUT2D eigenvalue weighted by molar-refractivity contribution is 5.01. The number of hydrogen-bond acceptors (Lipinski definition) is 35. The maximum atomic E-state index is 11.3. The van der Waals surface area contributed by atoms with Gasteiger partial charge >= 0.3 is 0 Å². The zero-order valence-electron chi connectivity index (χ0n) is 40.3. The first kappa shape index (κ1) is 61.7. The third-order valence-electron chi connectivity index (χ3n) is 14.8. The zero-order chi connectivity index (χ0) is 56.1. The van der Waals surface area contributed by atoms with Crippen LogP contribution in [0.2, 0.25) is 0 Å². The molecule has 21 aliphatic heterocycles. The van der Waals surface area contributed by atoms with Crippen molar-refractivity contribution in [2.75, 3.05) is 46.2 Å². The Morgan fingerprint density at radius 2 is 0.260 bits per heavy atom. The van der Waals surface area contributed by atoms with Crippen LogP contribution in [0.3, 0.4) is 0 Å². The fourth-order valence-electron chi connectivity index (χ4n) is 10.4. The van der Waals surface area contributed by atoms with E-state index in [4.69, 9.17) is 66.3 Å². The van der Waals surface area contributed by atoms with E-state index in [9.17, 15) is 107 Å². The summed E-state index contributed by atoms with van der Waals surface area (Å²) in [5, 5.41) is 230. The van der Waals surface area contributed by atoms with Crippen LogP contribution in [0.4, 0.5) is 0 Å². The number of rotatable bonds is 7. The summed E-state index contributed by atoms with van der Waals surface area (Å²) < 4.78 is 79.5. The van der Waals surface area contributed by atoms with Crippen molar-refractivity contribution in [1.82, 2.24) is 0 Å². The van der Waals surface area contributed by atoms with E-state index in [2.05, 4.69) is 0 Å². The normalized spacial score (nSPS) is 55.4. The van der Waals surface area contributed by atoms with E-state index < -0.39 is 261 Å². The van der Waals surface area contributed by atoms with Gasteiger partial charge in [0.05, 0.1) is 46.2 Å². The molecular formula is C42H70O35. The molecule has 21 N–H and O–H groups in total. The van der Waals surface area contributed by atoms with Crippen molar-refractivity contribution in [2.45, 2.75) is 215 Å². The lowest BCUT2D eigenvalue weighted by molar-refractivity contribution is -0.396. The molecule has 21 rings (SSSR count). The zero-order valence-corrected chi connectivity index (χ0v) is 40.3. The molecule has 448 valence electrons. The molecule has 7 unspecified atom stereocenters. The molecule has 21 aliphatic rings. The lowest BCUT2D eigenvalue weighted by atomic mass is 9.95. The van der Waals surface area contributed by atoms with Gasteiger partial charge in [0.15, 0.2) is 44.0 Å². The predicted octanol–water partition coefficient (Wildman–Crippen LogP) is -15.2. The van der Waals surface area contributed by atoms with Crippen LogP contribution in [0.1, 0.15) is 0 Å². The van der Waals surface area contributed by atoms with E-state index in [-0.39, 0.29) is 0 Å².